The minimum absolute atomic E-state index is 0.0394. The lowest BCUT2D eigenvalue weighted by molar-refractivity contribution is -0.159. The van der Waals surface area contributed by atoms with Crippen molar-refractivity contribution in [3.8, 4) is 0 Å². The number of hydrogen-bond donors (Lipinski definition) is 1. The van der Waals surface area contributed by atoms with E-state index in [0.29, 0.717) is 12.3 Å². The summed E-state index contributed by atoms with van der Waals surface area (Å²) in [5, 5.41) is 8.74. The molecule has 3 heteroatoms. The van der Waals surface area contributed by atoms with Crippen LogP contribution in [0.3, 0.4) is 0 Å². The second-order valence-corrected chi connectivity index (χ2v) is 3.01. The number of carbonyl (C=O) groups excluding carboxylic acids is 1. The standard InChI is InChI=1S/C8H14O3/c1-2-6-3-7(5-9)11-8(10)4-6/h6-7,9H,2-5H2,1H3. The summed E-state index contributed by atoms with van der Waals surface area (Å²) in [4.78, 5) is 10.9. The van der Waals surface area contributed by atoms with E-state index < -0.39 is 0 Å². The van der Waals surface area contributed by atoms with Crippen molar-refractivity contribution in [1.29, 1.82) is 0 Å². The van der Waals surface area contributed by atoms with Crippen molar-refractivity contribution in [2.45, 2.75) is 32.3 Å². The fourth-order valence-corrected chi connectivity index (χ4v) is 1.40. The number of rotatable bonds is 2. The SMILES string of the molecule is CCC1CC(=O)OC(CO)C1. The number of ether oxygens (including phenoxy) is 1. The van der Waals surface area contributed by atoms with Gasteiger partial charge in [-0.15, -0.1) is 0 Å². The first-order valence-corrected chi connectivity index (χ1v) is 4.06. The molecular weight excluding hydrogens is 144 g/mol. The normalized spacial score (nSPS) is 31.6. The first-order valence-electron chi connectivity index (χ1n) is 4.06. The van der Waals surface area contributed by atoms with E-state index in [9.17, 15) is 4.79 Å². The van der Waals surface area contributed by atoms with Crippen molar-refractivity contribution in [1.82, 2.24) is 0 Å². The molecule has 0 aromatic carbocycles. The van der Waals surface area contributed by atoms with E-state index >= 15 is 0 Å². The monoisotopic (exact) mass is 158 g/mol. The molecule has 0 aliphatic carbocycles. The van der Waals surface area contributed by atoms with Gasteiger partial charge in [-0.05, 0) is 12.3 Å². The van der Waals surface area contributed by atoms with E-state index in [-0.39, 0.29) is 18.7 Å². The van der Waals surface area contributed by atoms with E-state index in [1.165, 1.54) is 0 Å². The number of hydrogen-bond acceptors (Lipinski definition) is 3. The molecule has 2 atom stereocenters. The Bertz CT molecular complexity index is 130. The van der Waals surface area contributed by atoms with Crippen LogP contribution in [-0.4, -0.2) is 23.8 Å². The van der Waals surface area contributed by atoms with Gasteiger partial charge in [-0.25, -0.2) is 0 Å². The molecular formula is C8H14O3. The number of cyclic esters (lactones) is 1. The van der Waals surface area contributed by atoms with Gasteiger partial charge in [0.2, 0.25) is 0 Å². The van der Waals surface area contributed by atoms with E-state index in [4.69, 9.17) is 9.84 Å². The van der Waals surface area contributed by atoms with Crippen LogP contribution in [0.5, 0.6) is 0 Å². The molecule has 1 heterocycles. The van der Waals surface area contributed by atoms with Crippen LogP contribution in [0.1, 0.15) is 26.2 Å². The van der Waals surface area contributed by atoms with Crippen LogP contribution >= 0.6 is 0 Å². The Morgan fingerprint density at radius 3 is 3.00 bits per heavy atom. The Hall–Kier alpha value is -0.570. The Balaban J connectivity index is 2.43. The Kier molecular flexibility index (Phi) is 2.88. The lowest BCUT2D eigenvalue weighted by Gasteiger charge is -2.26. The number of aliphatic hydroxyl groups is 1. The highest BCUT2D eigenvalue weighted by molar-refractivity contribution is 5.70. The van der Waals surface area contributed by atoms with Crippen LogP contribution < -0.4 is 0 Å². The molecule has 0 aromatic heterocycles. The van der Waals surface area contributed by atoms with Crippen LogP contribution in [0.25, 0.3) is 0 Å². The van der Waals surface area contributed by atoms with E-state index in [1.807, 2.05) is 0 Å². The van der Waals surface area contributed by atoms with Crippen LogP contribution in [0.4, 0.5) is 0 Å². The number of carbonyl (C=O) groups is 1. The highest BCUT2D eigenvalue weighted by Gasteiger charge is 2.26. The predicted octanol–water partition coefficient (Wildman–Crippen LogP) is 0.710. The maximum atomic E-state index is 10.9. The van der Waals surface area contributed by atoms with Crippen molar-refractivity contribution < 1.29 is 14.6 Å². The van der Waals surface area contributed by atoms with Gasteiger partial charge in [0, 0.05) is 6.42 Å². The molecule has 0 radical (unpaired) electrons. The van der Waals surface area contributed by atoms with Gasteiger partial charge in [-0.2, -0.15) is 0 Å². The molecule has 1 N–H and O–H groups in total. The molecule has 0 spiro atoms. The Morgan fingerprint density at radius 2 is 2.45 bits per heavy atom. The summed E-state index contributed by atoms with van der Waals surface area (Å²) in [6, 6.07) is 0. The molecule has 0 aromatic rings. The van der Waals surface area contributed by atoms with E-state index in [0.717, 1.165) is 12.8 Å². The molecule has 1 aliphatic rings. The van der Waals surface area contributed by atoms with Crippen molar-refractivity contribution in [3.05, 3.63) is 0 Å². The van der Waals surface area contributed by atoms with Gasteiger partial charge in [0.1, 0.15) is 6.10 Å². The third-order valence-corrected chi connectivity index (χ3v) is 2.13. The van der Waals surface area contributed by atoms with Crippen molar-refractivity contribution >= 4 is 5.97 Å². The fraction of sp³-hybridized carbons (Fsp3) is 0.875. The van der Waals surface area contributed by atoms with Gasteiger partial charge in [0.25, 0.3) is 0 Å². The molecule has 1 fully saturated rings. The molecule has 3 nitrogen and oxygen atoms in total. The first kappa shape index (κ1) is 8.53. The summed E-state index contributed by atoms with van der Waals surface area (Å²) < 4.78 is 4.88. The van der Waals surface area contributed by atoms with Crippen LogP contribution in [0.2, 0.25) is 0 Å². The second-order valence-electron chi connectivity index (χ2n) is 3.01. The summed E-state index contributed by atoms with van der Waals surface area (Å²) >= 11 is 0. The van der Waals surface area contributed by atoms with Gasteiger partial charge in [0.05, 0.1) is 6.61 Å². The summed E-state index contributed by atoms with van der Waals surface area (Å²) in [5.41, 5.74) is 0. The summed E-state index contributed by atoms with van der Waals surface area (Å²) in [6.45, 7) is 2.01. The fourth-order valence-electron chi connectivity index (χ4n) is 1.40. The van der Waals surface area contributed by atoms with Crippen molar-refractivity contribution in [3.63, 3.8) is 0 Å². The van der Waals surface area contributed by atoms with E-state index in [2.05, 4.69) is 6.92 Å². The van der Waals surface area contributed by atoms with Gasteiger partial charge in [0.15, 0.2) is 0 Å². The summed E-state index contributed by atoms with van der Waals surface area (Å²) in [5.74, 6) is 0.246. The molecule has 2 unspecified atom stereocenters. The van der Waals surface area contributed by atoms with Gasteiger partial charge in [-0.3, -0.25) is 4.79 Å². The molecule has 1 aliphatic heterocycles. The maximum absolute atomic E-state index is 10.9. The lowest BCUT2D eigenvalue weighted by atomic mass is 9.93. The average Bonchev–Trinajstić information content (AvgIpc) is 2.03. The molecule has 1 saturated heterocycles. The van der Waals surface area contributed by atoms with Crippen LogP contribution in [0.15, 0.2) is 0 Å². The van der Waals surface area contributed by atoms with Crippen molar-refractivity contribution in [2.24, 2.45) is 5.92 Å². The minimum atomic E-state index is -0.249. The predicted molar refractivity (Wildman–Crippen MR) is 40.0 cm³/mol. The number of aliphatic hydroxyl groups excluding tert-OH is 1. The quantitative estimate of drug-likeness (QED) is 0.602. The molecule has 1 rings (SSSR count). The molecule has 0 amide bonds. The third-order valence-electron chi connectivity index (χ3n) is 2.13. The smallest absolute Gasteiger partial charge is 0.306 e. The topological polar surface area (TPSA) is 46.5 Å². The highest BCUT2D eigenvalue weighted by Crippen LogP contribution is 2.23. The zero-order valence-corrected chi connectivity index (χ0v) is 6.75. The molecule has 0 bridgehead atoms. The van der Waals surface area contributed by atoms with Gasteiger partial charge in [-0.1, -0.05) is 13.3 Å². The average molecular weight is 158 g/mol. The largest absolute Gasteiger partial charge is 0.460 e. The molecule has 0 saturated carbocycles. The Labute approximate surface area is 66.4 Å². The zero-order valence-electron chi connectivity index (χ0n) is 6.75. The van der Waals surface area contributed by atoms with Gasteiger partial charge < -0.3 is 9.84 Å². The van der Waals surface area contributed by atoms with Crippen LogP contribution in [0, 0.1) is 5.92 Å². The number of esters is 1. The molecule has 64 valence electrons. The van der Waals surface area contributed by atoms with E-state index in [1.54, 1.807) is 0 Å². The minimum Gasteiger partial charge on any atom is -0.460 e. The highest BCUT2D eigenvalue weighted by atomic mass is 16.6. The van der Waals surface area contributed by atoms with Gasteiger partial charge >= 0.3 is 5.97 Å². The molecule has 11 heavy (non-hydrogen) atoms. The summed E-state index contributed by atoms with van der Waals surface area (Å²) in [6.07, 6.45) is 2.08. The first-order chi connectivity index (χ1) is 5.26. The van der Waals surface area contributed by atoms with Crippen LogP contribution in [-0.2, 0) is 9.53 Å². The van der Waals surface area contributed by atoms with Crippen molar-refractivity contribution in [2.75, 3.05) is 6.61 Å². The summed E-state index contributed by atoms with van der Waals surface area (Å²) in [7, 11) is 0. The zero-order chi connectivity index (χ0) is 8.27. The maximum Gasteiger partial charge on any atom is 0.306 e. The lowest BCUT2D eigenvalue weighted by Crippen LogP contribution is -2.31. The third kappa shape index (κ3) is 2.19. The Morgan fingerprint density at radius 1 is 1.73 bits per heavy atom. The second kappa shape index (κ2) is 3.72.